The number of aliphatic hydroxyl groups excluding tert-OH is 1. The smallest absolute Gasteiger partial charge is 0.259 e. The van der Waals surface area contributed by atoms with Crippen molar-refractivity contribution in [3.8, 4) is 0 Å². The van der Waals surface area contributed by atoms with Crippen LogP contribution in [0.3, 0.4) is 0 Å². The zero-order valence-electron chi connectivity index (χ0n) is 10.9. The summed E-state index contributed by atoms with van der Waals surface area (Å²) in [5.41, 5.74) is 0. The van der Waals surface area contributed by atoms with Gasteiger partial charge in [-0.15, -0.1) is 11.8 Å². The molecule has 0 amide bonds. The fourth-order valence-corrected chi connectivity index (χ4v) is 3.75. The second-order valence-electron chi connectivity index (χ2n) is 4.03. The molecule has 0 aromatic heterocycles. The van der Waals surface area contributed by atoms with Gasteiger partial charge in [-0.3, -0.25) is 20.4 Å². The summed E-state index contributed by atoms with van der Waals surface area (Å²) in [6, 6.07) is 0.435. The maximum atomic E-state index is 10.3. The topological polar surface area (TPSA) is 99.8 Å². The third-order valence-corrected chi connectivity index (χ3v) is 4.94. The second kappa shape index (κ2) is 9.40. The van der Waals surface area contributed by atoms with E-state index in [0.717, 1.165) is 17.3 Å². The van der Waals surface area contributed by atoms with E-state index in [0.29, 0.717) is 18.4 Å². The summed E-state index contributed by atoms with van der Waals surface area (Å²) in [5.74, 6) is 3.30. The fourth-order valence-electron chi connectivity index (χ4n) is 1.61. The molecule has 2 atom stereocenters. The number of aliphatic hydroxyl groups is 1. The summed E-state index contributed by atoms with van der Waals surface area (Å²) in [6.45, 7) is 0.596. The van der Waals surface area contributed by atoms with Gasteiger partial charge < -0.3 is 10.4 Å². The molecule has 0 bridgehead atoms. The molecule has 1 rings (SSSR count). The largest absolute Gasteiger partial charge is 0.394 e. The maximum absolute atomic E-state index is 10.3. The second-order valence-corrected chi connectivity index (χ2v) is 6.42. The monoisotopic (exact) mass is 308 g/mol. The lowest BCUT2D eigenvalue weighted by Gasteiger charge is -2.11. The Hall–Kier alpha value is -0.510. The summed E-state index contributed by atoms with van der Waals surface area (Å²) >= 11 is 3.54. The number of aliphatic imine (C=N–C) groups is 1. The van der Waals surface area contributed by atoms with Gasteiger partial charge in [0.2, 0.25) is 0 Å². The van der Waals surface area contributed by atoms with Crippen LogP contribution in [0.4, 0.5) is 0 Å². The van der Waals surface area contributed by atoms with Crippen LogP contribution in [-0.2, 0) is 0 Å². The molecule has 1 aliphatic heterocycles. The molecule has 19 heavy (non-hydrogen) atoms. The molecule has 3 N–H and O–H groups in total. The van der Waals surface area contributed by atoms with E-state index in [1.807, 2.05) is 0 Å². The highest BCUT2D eigenvalue weighted by Gasteiger charge is 2.22. The Morgan fingerprint density at radius 3 is 3.11 bits per heavy atom. The molecule has 0 saturated carbocycles. The molecule has 0 aromatic rings. The van der Waals surface area contributed by atoms with Crippen LogP contribution in [0.1, 0.15) is 0 Å². The molecule has 110 valence electrons. The lowest BCUT2D eigenvalue weighted by atomic mass is 10.4. The number of amidine groups is 1. The van der Waals surface area contributed by atoms with Gasteiger partial charge in [0, 0.05) is 41.8 Å². The van der Waals surface area contributed by atoms with Crippen LogP contribution >= 0.6 is 23.5 Å². The van der Waals surface area contributed by atoms with Gasteiger partial charge in [-0.05, 0) is 0 Å². The van der Waals surface area contributed by atoms with Gasteiger partial charge in [-0.2, -0.15) is 11.8 Å². The number of rotatable bonds is 8. The summed E-state index contributed by atoms with van der Waals surface area (Å²) < 4.78 is 0. The van der Waals surface area contributed by atoms with Crippen molar-refractivity contribution in [2.75, 3.05) is 44.0 Å². The van der Waals surface area contributed by atoms with E-state index in [9.17, 15) is 10.1 Å². The van der Waals surface area contributed by atoms with Gasteiger partial charge in [0.15, 0.2) is 5.84 Å². The molecule has 7 nitrogen and oxygen atoms in total. The van der Waals surface area contributed by atoms with E-state index < -0.39 is 4.92 Å². The van der Waals surface area contributed by atoms with E-state index in [2.05, 4.69) is 15.6 Å². The first kappa shape index (κ1) is 16.5. The lowest BCUT2D eigenvalue weighted by Crippen LogP contribution is -2.34. The minimum Gasteiger partial charge on any atom is -0.394 e. The Bertz CT molecular complexity index is 317. The van der Waals surface area contributed by atoms with Crippen LogP contribution in [0.2, 0.25) is 0 Å². The molecule has 0 spiro atoms. The van der Waals surface area contributed by atoms with Gasteiger partial charge in [-0.1, -0.05) is 0 Å². The standard InChI is InChI=1S/C10H20N4O3S2/c1-11-9(4-14(16)17)12-2-3-18-6-8-7-19-10(5-15)13-8/h8,10,13,15H,2-7H2,1H3,(H,11,12). The van der Waals surface area contributed by atoms with Crippen molar-refractivity contribution in [3.05, 3.63) is 10.1 Å². The first-order chi connectivity index (χ1) is 9.15. The van der Waals surface area contributed by atoms with Gasteiger partial charge in [-0.25, -0.2) is 0 Å². The zero-order chi connectivity index (χ0) is 14.1. The molecule has 1 aliphatic rings. The maximum Gasteiger partial charge on any atom is 0.259 e. The fraction of sp³-hybridized carbons (Fsp3) is 0.900. The molecule has 0 radical (unpaired) electrons. The molecule has 9 heteroatoms. The highest BCUT2D eigenvalue weighted by molar-refractivity contribution is 8.00. The summed E-state index contributed by atoms with van der Waals surface area (Å²) in [4.78, 5) is 13.8. The van der Waals surface area contributed by atoms with Crippen molar-refractivity contribution in [2.24, 2.45) is 4.99 Å². The number of hydrogen-bond acceptors (Lipinski definition) is 7. The van der Waals surface area contributed by atoms with Crippen molar-refractivity contribution in [3.63, 3.8) is 0 Å². The molecule has 1 saturated heterocycles. The van der Waals surface area contributed by atoms with E-state index in [1.54, 1.807) is 30.6 Å². The van der Waals surface area contributed by atoms with Crippen LogP contribution in [0.5, 0.6) is 0 Å². The van der Waals surface area contributed by atoms with Gasteiger partial charge in [0.1, 0.15) is 0 Å². The number of thioether (sulfide) groups is 2. The molecule has 0 aromatic carbocycles. The number of nitro groups is 1. The lowest BCUT2D eigenvalue weighted by molar-refractivity contribution is -0.463. The van der Waals surface area contributed by atoms with Crippen molar-refractivity contribution in [1.29, 1.82) is 0 Å². The summed E-state index contributed by atoms with van der Waals surface area (Å²) in [7, 11) is 1.55. The summed E-state index contributed by atoms with van der Waals surface area (Å²) in [5, 5.41) is 25.8. The van der Waals surface area contributed by atoms with Gasteiger partial charge in [0.25, 0.3) is 6.54 Å². The van der Waals surface area contributed by atoms with Crippen molar-refractivity contribution in [2.45, 2.75) is 11.4 Å². The SMILES string of the molecule is CN=C(C[N+](=O)[O-])NCCSCC1CSC(CO)N1. The predicted octanol–water partition coefficient (Wildman–Crippen LogP) is -0.362. The normalized spacial score (nSPS) is 23.6. The Kier molecular flexibility index (Phi) is 8.19. The van der Waals surface area contributed by atoms with E-state index in [-0.39, 0.29) is 18.5 Å². The van der Waals surface area contributed by atoms with Gasteiger partial charge >= 0.3 is 0 Å². The third kappa shape index (κ3) is 7.00. The van der Waals surface area contributed by atoms with E-state index >= 15 is 0 Å². The first-order valence-electron chi connectivity index (χ1n) is 6.03. The predicted molar refractivity (Wildman–Crippen MR) is 80.8 cm³/mol. The van der Waals surface area contributed by atoms with E-state index in [1.165, 1.54) is 0 Å². The first-order valence-corrected chi connectivity index (χ1v) is 8.23. The number of nitrogens with zero attached hydrogens (tertiary/aromatic N) is 2. The van der Waals surface area contributed by atoms with Crippen LogP contribution < -0.4 is 10.6 Å². The summed E-state index contributed by atoms with van der Waals surface area (Å²) in [6.07, 6.45) is 0. The molecule has 1 fully saturated rings. The molecule has 2 unspecified atom stereocenters. The highest BCUT2D eigenvalue weighted by Crippen LogP contribution is 2.20. The molecular formula is C10H20N4O3S2. The molecule has 1 heterocycles. The zero-order valence-corrected chi connectivity index (χ0v) is 12.5. The average molecular weight is 308 g/mol. The Morgan fingerprint density at radius 2 is 2.53 bits per heavy atom. The number of nitrogens with one attached hydrogen (secondary N) is 2. The van der Waals surface area contributed by atoms with E-state index in [4.69, 9.17) is 5.11 Å². The van der Waals surface area contributed by atoms with Crippen LogP contribution in [-0.4, -0.2) is 71.3 Å². The Morgan fingerprint density at radius 1 is 1.74 bits per heavy atom. The minimum absolute atomic E-state index is 0.169. The van der Waals surface area contributed by atoms with Crippen molar-refractivity contribution in [1.82, 2.24) is 10.6 Å². The van der Waals surface area contributed by atoms with Crippen LogP contribution in [0.15, 0.2) is 4.99 Å². The molecular weight excluding hydrogens is 288 g/mol. The average Bonchev–Trinajstić information content (AvgIpc) is 2.84. The highest BCUT2D eigenvalue weighted by atomic mass is 32.2. The van der Waals surface area contributed by atoms with Gasteiger partial charge in [0.05, 0.1) is 12.0 Å². The molecule has 0 aliphatic carbocycles. The van der Waals surface area contributed by atoms with Crippen LogP contribution in [0, 0.1) is 10.1 Å². The quantitative estimate of drug-likeness (QED) is 0.185. The number of hydrogen-bond donors (Lipinski definition) is 3. The van der Waals surface area contributed by atoms with Crippen molar-refractivity contribution < 1.29 is 10.0 Å². The third-order valence-electron chi connectivity index (χ3n) is 2.53. The Balaban J connectivity index is 2.03. The minimum atomic E-state index is -0.392. The van der Waals surface area contributed by atoms with Crippen LogP contribution in [0.25, 0.3) is 0 Å². The van der Waals surface area contributed by atoms with Crippen molar-refractivity contribution >= 4 is 29.4 Å². The Labute approximate surface area is 121 Å².